The molecule has 0 aliphatic heterocycles. The van der Waals surface area contributed by atoms with Gasteiger partial charge in [-0.2, -0.15) is 0 Å². The molecule has 0 unspecified atom stereocenters. The molecule has 3 rings (SSSR count). The monoisotopic (exact) mass is 448 g/mol. The number of imidazole rings is 1. The number of urea groups is 1. The van der Waals surface area contributed by atoms with E-state index in [4.69, 9.17) is 4.74 Å². The Morgan fingerprint density at radius 1 is 1.23 bits per heavy atom. The number of sulfone groups is 1. The van der Waals surface area contributed by atoms with Crippen molar-refractivity contribution in [2.75, 3.05) is 11.6 Å². The van der Waals surface area contributed by atoms with Crippen LogP contribution < -0.4 is 14.8 Å². The summed E-state index contributed by atoms with van der Waals surface area (Å²) in [5, 5.41) is 2.82. The summed E-state index contributed by atoms with van der Waals surface area (Å²) in [5.74, 6) is 1.33. The molecule has 0 radical (unpaired) electrons. The van der Waals surface area contributed by atoms with Crippen molar-refractivity contribution in [1.82, 2.24) is 14.3 Å². The SMILES string of the molecule is Cc1nc2cccc(NC(=O)NSc3cc(S(C)(=O)=O)ccc3OC(C)C)c2n1C. The first-order chi connectivity index (χ1) is 14.1. The van der Waals surface area contributed by atoms with Crippen molar-refractivity contribution in [1.29, 1.82) is 0 Å². The van der Waals surface area contributed by atoms with Crippen molar-refractivity contribution >= 4 is 44.5 Å². The lowest BCUT2D eigenvalue weighted by molar-refractivity contribution is 0.236. The van der Waals surface area contributed by atoms with Crippen LogP contribution in [0.15, 0.2) is 46.2 Å². The van der Waals surface area contributed by atoms with E-state index in [0.29, 0.717) is 16.3 Å². The van der Waals surface area contributed by atoms with Gasteiger partial charge in [-0.1, -0.05) is 6.07 Å². The van der Waals surface area contributed by atoms with Crippen LogP contribution in [0.2, 0.25) is 0 Å². The van der Waals surface area contributed by atoms with Gasteiger partial charge in [0, 0.05) is 13.3 Å². The zero-order chi connectivity index (χ0) is 22.1. The molecule has 8 nitrogen and oxygen atoms in total. The number of hydrogen-bond donors (Lipinski definition) is 2. The van der Waals surface area contributed by atoms with Crippen LogP contribution in [0.3, 0.4) is 0 Å². The second kappa shape index (κ2) is 8.57. The van der Waals surface area contributed by atoms with Crippen molar-refractivity contribution in [3.05, 3.63) is 42.2 Å². The number of aryl methyl sites for hydroxylation is 2. The quantitative estimate of drug-likeness (QED) is 0.555. The molecule has 0 fully saturated rings. The maximum Gasteiger partial charge on any atom is 0.329 e. The summed E-state index contributed by atoms with van der Waals surface area (Å²) in [4.78, 5) is 17.6. The largest absolute Gasteiger partial charge is 0.490 e. The topological polar surface area (TPSA) is 102 Å². The van der Waals surface area contributed by atoms with Gasteiger partial charge < -0.3 is 14.6 Å². The minimum Gasteiger partial charge on any atom is -0.490 e. The van der Waals surface area contributed by atoms with Gasteiger partial charge >= 0.3 is 6.03 Å². The van der Waals surface area contributed by atoms with Crippen molar-refractivity contribution in [2.24, 2.45) is 7.05 Å². The minimum atomic E-state index is -3.39. The lowest BCUT2D eigenvalue weighted by atomic mass is 10.2. The zero-order valence-corrected chi connectivity index (χ0v) is 19.0. The number of fused-ring (bicyclic) bond motifs is 1. The smallest absolute Gasteiger partial charge is 0.329 e. The summed E-state index contributed by atoms with van der Waals surface area (Å²) < 4.78 is 34.1. The number of amides is 2. The predicted octanol–water partition coefficient (Wildman–Crippen LogP) is 3.90. The van der Waals surface area contributed by atoms with E-state index in [2.05, 4.69) is 15.0 Å². The Morgan fingerprint density at radius 2 is 1.97 bits per heavy atom. The summed E-state index contributed by atoms with van der Waals surface area (Å²) >= 11 is 0.988. The molecule has 0 saturated carbocycles. The number of anilines is 1. The van der Waals surface area contributed by atoms with Gasteiger partial charge in [-0.05, 0) is 63.1 Å². The van der Waals surface area contributed by atoms with E-state index in [0.717, 1.165) is 35.1 Å². The number of benzene rings is 2. The third-order valence-corrected chi connectivity index (χ3v) is 6.26. The number of para-hydroxylation sites is 1. The first-order valence-corrected chi connectivity index (χ1v) is 11.9. The third kappa shape index (κ3) is 4.88. The second-order valence-corrected chi connectivity index (χ2v) is 9.96. The average molecular weight is 449 g/mol. The molecular formula is C20H24N4O4S2. The zero-order valence-electron chi connectivity index (χ0n) is 17.4. The summed E-state index contributed by atoms with van der Waals surface area (Å²) in [5.41, 5.74) is 2.23. The van der Waals surface area contributed by atoms with Gasteiger partial charge in [-0.25, -0.2) is 18.2 Å². The first-order valence-electron chi connectivity index (χ1n) is 9.23. The molecule has 2 aromatic carbocycles. The molecule has 0 saturated heterocycles. The van der Waals surface area contributed by atoms with Crippen LogP contribution in [0.25, 0.3) is 11.0 Å². The number of ether oxygens (including phenoxy) is 1. The fraction of sp³-hybridized carbons (Fsp3) is 0.300. The van der Waals surface area contributed by atoms with Crippen LogP contribution in [0.4, 0.5) is 10.5 Å². The number of carbonyl (C=O) groups excluding carboxylic acids is 1. The van der Waals surface area contributed by atoms with Crippen molar-refractivity contribution < 1.29 is 17.9 Å². The van der Waals surface area contributed by atoms with Gasteiger partial charge in [0.2, 0.25) is 0 Å². The van der Waals surface area contributed by atoms with Crippen LogP contribution in [0.5, 0.6) is 5.75 Å². The van der Waals surface area contributed by atoms with Gasteiger partial charge in [0.1, 0.15) is 11.6 Å². The Bertz CT molecular complexity index is 1200. The number of carbonyl (C=O) groups is 1. The summed E-state index contributed by atoms with van der Waals surface area (Å²) in [7, 11) is -1.51. The van der Waals surface area contributed by atoms with E-state index in [9.17, 15) is 13.2 Å². The Labute approximate surface area is 180 Å². The molecule has 160 valence electrons. The van der Waals surface area contributed by atoms with E-state index in [1.807, 2.05) is 44.5 Å². The molecule has 1 aromatic heterocycles. The van der Waals surface area contributed by atoms with Crippen LogP contribution in [0, 0.1) is 6.92 Å². The number of nitrogens with one attached hydrogen (secondary N) is 2. The lowest BCUT2D eigenvalue weighted by Gasteiger charge is -2.15. The number of hydrogen-bond acceptors (Lipinski definition) is 6. The van der Waals surface area contributed by atoms with E-state index in [-0.39, 0.29) is 11.0 Å². The van der Waals surface area contributed by atoms with E-state index >= 15 is 0 Å². The normalized spacial score (nSPS) is 11.7. The molecule has 1 heterocycles. The maximum atomic E-state index is 12.5. The lowest BCUT2D eigenvalue weighted by Crippen LogP contribution is -2.23. The number of rotatable bonds is 6. The molecule has 0 aliphatic carbocycles. The maximum absolute atomic E-state index is 12.5. The van der Waals surface area contributed by atoms with Gasteiger partial charge in [0.15, 0.2) is 9.84 Å². The van der Waals surface area contributed by atoms with Crippen molar-refractivity contribution in [3.63, 3.8) is 0 Å². The molecule has 10 heteroatoms. The highest BCUT2D eigenvalue weighted by Crippen LogP contribution is 2.31. The third-order valence-electron chi connectivity index (χ3n) is 4.33. The van der Waals surface area contributed by atoms with Gasteiger partial charge in [0.25, 0.3) is 0 Å². The van der Waals surface area contributed by atoms with Crippen LogP contribution in [-0.4, -0.2) is 36.4 Å². The highest BCUT2D eigenvalue weighted by Gasteiger charge is 2.16. The average Bonchev–Trinajstić information content (AvgIpc) is 2.94. The fourth-order valence-corrected chi connectivity index (χ4v) is 4.26. The molecule has 0 bridgehead atoms. The Morgan fingerprint density at radius 3 is 2.63 bits per heavy atom. The molecule has 0 aliphatic rings. The molecule has 2 N–H and O–H groups in total. The van der Waals surface area contributed by atoms with Gasteiger partial charge in [0.05, 0.1) is 32.6 Å². The molecule has 2 amide bonds. The van der Waals surface area contributed by atoms with Crippen LogP contribution >= 0.6 is 11.9 Å². The molecule has 0 spiro atoms. The Balaban J connectivity index is 1.80. The molecule has 30 heavy (non-hydrogen) atoms. The summed E-state index contributed by atoms with van der Waals surface area (Å²) in [6.07, 6.45) is 1.03. The summed E-state index contributed by atoms with van der Waals surface area (Å²) in [6, 6.07) is 9.62. The van der Waals surface area contributed by atoms with Crippen LogP contribution in [-0.2, 0) is 16.9 Å². The van der Waals surface area contributed by atoms with E-state index in [1.165, 1.54) is 12.1 Å². The standard InChI is InChI=1S/C20H24N4O4S2/c1-12(2)28-17-10-9-14(30(5,26)27)11-18(17)29-23-20(25)22-16-8-6-7-15-19(16)24(4)13(3)21-15/h6-12H,1-5H3,(H2,22,23,25). The highest BCUT2D eigenvalue weighted by atomic mass is 32.2. The number of aromatic nitrogens is 2. The summed E-state index contributed by atoms with van der Waals surface area (Å²) in [6.45, 7) is 5.63. The molecule has 3 aromatic rings. The highest BCUT2D eigenvalue weighted by molar-refractivity contribution is 7.98. The second-order valence-electron chi connectivity index (χ2n) is 7.10. The van der Waals surface area contributed by atoms with Gasteiger partial charge in [-0.15, -0.1) is 0 Å². The predicted molar refractivity (Wildman–Crippen MR) is 119 cm³/mol. The Kier molecular flexibility index (Phi) is 6.27. The minimum absolute atomic E-state index is 0.104. The van der Waals surface area contributed by atoms with Crippen molar-refractivity contribution in [2.45, 2.75) is 36.7 Å². The van der Waals surface area contributed by atoms with E-state index < -0.39 is 15.9 Å². The van der Waals surface area contributed by atoms with E-state index in [1.54, 1.807) is 12.1 Å². The number of nitrogens with zero attached hydrogens (tertiary/aromatic N) is 2. The molecule has 0 atom stereocenters. The fourth-order valence-electron chi connectivity index (χ4n) is 2.89. The van der Waals surface area contributed by atoms with Gasteiger partial charge in [-0.3, -0.25) is 4.72 Å². The first kappa shape index (κ1) is 22.0. The molecular weight excluding hydrogens is 424 g/mol. The Hall–Kier alpha value is -2.72. The van der Waals surface area contributed by atoms with Crippen molar-refractivity contribution in [3.8, 4) is 5.75 Å². The van der Waals surface area contributed by atoms with Crippen LogP contribution in [0.1, 0.15) is 19.7 Å².